The summed E-state index contributed by atoms with van der Waals surface area (Å²) in [5.74, 6) is 0. The van der Waals surface area contributed by atoms with Crippen molar-refractivity contribution in [2.45, 2.75) is 45.2 Å². The van der Waals surface area contributed by atoms with E-state index in [1.807, 2.05) is 0 Å². The zero-order valence-electron chi connectivity index (χ0n) is 8.15. The Labute approximate surface area is 69.8 Å². The quantitative estimate of drug-likeness (QED) is 0.571. The highest BCUT2D eigenvalue weighted by molar-refractivity contribution is 4.94. The fourth-order valence-corrected chi connectivity index (χ4v) is 1.56. The van der Waals surface area contributed by atoms with Crippen LogP contribution in [0.25, 0.3) is 0 Å². The van der Waals surface area contributed by atoms with Crippen LogP contribution in [0.15, 0.2) is 0 Å². The highest BCUT2D eigenvalue weighted by Crippen LogP contribution is 2.24. The molecule has 0 aromatic heterocycles. The zero-order valence-corrected chi connectivity index (χ0v) is 8.15. The van der Waals surface area contributed by atoms with Gasteiger partial charge in [0, 0.05) is 24.2 Å². The van der Waals surface area contributed by atoms with Gasteiger partial charge in [-0.05, 0) is 34.1 Å². The highest BCUT2D eigenvalue weighted by atomic mass is 15.2. The summed E-state index contributed by atoms with van der Waals surface area (Å²) in [4.78, 5) is 2.45. The molecule has 1 aliphatic heterocycles. The van der Waals surface area contributed by atoms with Gasteiger partial charge < -0.3 is 5.73 Å². The summed E-state index contributed by atoms with van der Waals surface area (Å²) in [6.07, 6.45) is 1.13. The van der Waals surface area contributed by atoms with Crippen molar-refractivity contribution in [1.29, 1.82) is 0 Å². The van der Waals surface area contributed by atoms with Gasteiger partial charge in [-0.2, -0.15) is 0 Å². The van der Waals surface area contributed by atoms with E-state index in [9.17, 15) is 0 Å². The predicted molar refractivity (Wildman–Crippen MR) is 48.5 cm³/mol. The summed E-state index contributed by atoms with van der Waals surface area (Å²) in [5, 5.41) is 0. The van der Waals surface area contributed by atoms with E-state index in [1.54, 1.807) is 0 Å². The lowest BCUT2D eigenvalue weighted by molar-refractivity contribution is 0.166. The maximum absolute atomic E-state index is 6.02. The van der Waals surface area contributed by atoms with Crippen LogP contribution in [-0.2, 0) is 0 Å². The van der Waals surface area contributed by atoms with Crippen LogP contribution in [0.3, 0.4) is 0 Å². The monoisotopic (exact) mass is 156 g/mol. The Hall–Kier alpha value is -0.0800. The lowest BCUT2D eigenvalue weighted by atomic mass is 10.0. The van der Waals surface area contributed by atoms with Crippen LogP contribution in [0.1, 0.15) is 34.1 Å². The van der Waals surface area contributed by atoms with Crippen molar-refractivity contribution in [1.82, 2.24) is 4.90 Å². The second-order valence-electron chi connectivity index (χ2n) is 5.00. The summed E-state index contributed by atoms with van der Waals surface area (Å²) in [6, 6.07) is 0. The molecule has 66 valence electrons. The molecule has 0 unspecified atom stereocenters. The fraction of sp³-hybridized carbons (Fsp3) is 1.00. The average Bonchev–Trinajstić information content (AvgIpc) is 2.07. The minimum atomic E-state index is 0.0489. The lowest BCUT2D eigenvalue weighted by Crippen LogP contribution is -2.45. The van der Waals surface area contributed by atoms with Crippen LogP contribution in [0.2, 0.25) is 0 Å². The van der Waals surface area contributed by atoms with Crippen LogP contribution < -0.4 is 5.73 Å². The Balaban J connectivity index is 2.55. The fourth-order valence-electron chi connectivity index (χ4n) is 1.56. The van der Waals surface area contributed by atoms with E-state index < -0.39 is 0 Å². The number of nitrogens with two attached hydrogens (primary N) is 1. The van der Waals surface area contributed by atoms with E-state index >= 15 is 0 Å². The van der Waals surface area contributed by atoms with Crippen LogP contribution in [0, 0.1) is 0 Å². The van der Waals surface area contributed by atoms with Crippen molar-refractivity contribution in [3.05, 3.63) is 0 Å². The number of likely N-dealkylation sites (tertiary alicyclic amines) is 1. The van der Waals surface area contributed by atoms with Crippen LogP contribution in [0.4, 0.5) is 0 Å². The summed E-state index contributed by atoms with van der Waals surface area (Å²) < 4.78 is 0. The molecule has 11 heavy (non-hydrogen) atoms. The zero-order chi connectivity index (χ0) is 8.70. The van der Waals surface area contributed by atoms with E-state index in [0.717, 1.165) is 19.5 Å². The first-order chi connectivity index (χ1) is 4.81. The Morgan fingerprint density at radius 2 is 1.91 bits per heavy atom. The molecule has 2 heteroatoms. The standard InChI is InChI=1S/C9H20N2/c1-8(2,3)11-6-5-9(4,10)7-11/h5-7,10H2,1-4H3/t9-/m1/s1. The van der Waals surface area contributed by atoms with E-state index in [4.69, 9.17) is 5.73 Å². The molecule has 0 spiro atoms. The normalized spacial score (nSPS) is 34.6. The van der Waals surface area contributed by atoms with Gasteiger partial charge in [0.1, 0.15) is 0 Å². The lowest BCUT2D eigenvalue weighted by Gasteiger charge is -2.32. The molecule has 1 aliphatic rings. The molecule has 1 saturated heterocycles. The summed E-state index contributed by atoms with van der Waals surface area (Å²) in [7, 11) is 0. The molecule has 0 saturated carbocycles. The second-order valence-corrected chi connectivity index (χ2v) is 5.00. The van der Waals surface area contributed by atoms with Crippen molar-refractivity contribution in [3.63, 3.8) is 0 Å². The molecular formula is C9H20N2. The van der Waals surface area contributed by atoms with E-state index in [0.29, 0.717) is 0 Å². The van der Waals surface area contributed by atoms with Crippen molar-refractivity contribution in [2.24, 2.45) is 5.73 Å². The Kier molecular flexibility index (Phi) is 2.01. The summed E-state index contributed by atoms with van der Waals surface area (Å²) in [5.41, 5.74) is 6.36. The van der Waals surface area contributed by atoms with Crippen molar-refractivity contribution in [2.75, 3.05) is 13.1 Å². The van der Waals surface area contributed by atoms with Gasteiger partial charge in [0.2, 0.25) is 0 Å². The van der Waals surface area contributed by atoms with Crippen molar-refractivity contribution < 1.29 is 0 Å². The molecule has 2 N–H and O–H groups in total. The molecule has 0 aliphatic carbocycles. The van der Waals surface area contributed by atoms with Crippen LogP contribution in [0.5, 0.6) is 0 Å². The Bertz CT molecular complexity index is 144. The van der Waals surface area contributed by atoms with Gasteiger partial charge >= 0.3 is 0 Å². The number of hydrogen-bond donors (Lipinski definition) is 1. The third-order valence-electron chi connectivity index (χ3n) is 2.45. The molecule has 1 heterocycles. The number of rotatable bonds is 0. The summed E-state index contributed by atoms with van der Waals surface area (Å²) in [6.45, 7) is 11.1. The largest absolute Gasteiger partial charge is 0.324 e. The van der Waals surface area contributed by atoms with Crippen molar-refractivity contribution >= 4 is 0 Å². The first kappa shape index (κ1) is 9.01. The van der Waals surface area contributed by atoms with Gasteiger partial charge in [-0.15, -0.1) is 0 Å². The molecule has 1 atom stereocenters. The topological polar surface area (TPSA) is 29.3 Å². The molecule has 0 bridgehead atoms. The van der Waals surface area contributed by atoms with Gasteiger partial charge in [-0.1, -0.05) is 0 Å². The summed E-state index contributed by atoms with van der Waals surface area (Å²) >= 11 is 0. The van der Waals surface area contributed by atoms with Crippen LogP contribution >= 0.6 is 0 Å². The van der Waals surface area contributed by atoms with E-state index in [-0.39, 0.29) is 11.1 Å². The highest BCUT2D eigenvalue weighted by Gasteiger charge is 2.34. The van der Waals surface area contributed by atoms with Gasteiger partial charge in [0.25, 0.3) is 0 Å². The number of hydrogen-bond acceptors (Lipinski definition) is 2. The third kappa shape index (κ3) is 2.17. The van der Waals surface area contributed by atoms with Gasteiger partial charge in [-0.3, -0.25) is 4.90 Å². The van der Waals surface area contributed by atoms with Gasteiger partial charge in [-0.25, -0.2) is 0 Å². The maximum atomic E-state index is 6.02. The predicted octanol–water partition coefficient (Wildman–Crippen LogP) is 1.21. The minimum absolute atomic E-state index is 0.0489. The molecular weight excluding hydrogens is 136 g/mol. The molecule has 0 amide bonds. The van der Waals surface area contributed by atoms with Crippen LogP contribution in [-0.4, -0.2) is 29.1 Å². The third-order valence-corrected chi connectivity index (χ3v) is 2.45. The van der Waals surface area contributed by atoms with Gasteiger partial charge in [0.15, 0.2) is 0 Å². The number of nitrogens with zero attached hydrogens (tertiary/aromatic N) is 1. The SMILES string of the molecule is CC(C)(C)N1CC[C@@](C)(N)C1. The molecule has 1 rings (SSSR count). The molecule has 0 radical (unpaired) electrons. The first-order valence-electron chi connectivity index (χ1n) is 4.35. The minimum Gasteiger partial charge on any atom is -0.324 e. The maximum Gasteiger partial charge on any atom is 0.0267 e. The smallest absolute Gasteiger partial charge is 0.0267 e. The molecule has 0 aromatic carbocycles. The Morgan fingerprint density at radius 3 is 2.09 bits per heavy atom. The first-order valence-corrected chi connectivity index (χ1v) is 4.35. The Morgan fingerprint density at radius 1 is 1.36 bits per heavy atom. The van der Waals surface area contributed by atoms with E-state index in [1.165, 1.54) is 0 Å². The molecule has 0 aromatic rings. The molecule has 2 nitrogen and oxygen atoms in total. The average molecular weight is 156 g/mol. The van der Waals surface area contributed by atoms with Crippen molar-refractivity contribution in [3.8, 4) is 0 Å². The van der Waals surface area contributed by atoms with Gasteiger partial charge in [0.05, 0.1) is 0 Å². The van der Waals surface area contributed by atoms with E-state index in [2.05, 4.69) is 32.6 Å². The second kappa shape index (κ2) is 2.46. The molecule has 1 fully saturated rings.